The normalized spacial score (nSPS) is 13.8. The monoisotopic (exact) mass is 460 g/mol. The summed E-state index contributed by atoms with van der Waals surface area (Å²) in [5.74, 6) is -0.0928. The zero-order valence-electron chi connectivity index (χ0n) is 19.0. The number of carbonyl (C=O) groups excluding carboxylic acids is 2. The minimum atomic E-state index is -0.431. The third-order valence-corrected chi connectivity index (χ3v) is 5.53. The van der Waals surface area contributed by atoms with Crippen LogP contribution in [-0.4, -0.2) is 17.9 Å². The van der Waals surface area contributed by atoms with Gasteiger partial charge in [0.1, 0.15) is 11.4 Å². The van der Waals surface area contributed by atoms with E-state index in [0.29, 0.717) is 27.5 Å². The molecule has 1 aliphatic rings. The largest absolute Gasteiger partial charge is 0.491 e. The van der Waals surface area contributed by atoms with E-state index in [1.54, 1.807) is 24.3 Å². The van der Waals surface area contributed by atoms with Crippen LogP contribution in [0.3, 0.4) is 0 Å². The van der Waals surface area contributed by atoms with E-state index in [-0.39, 0.29) is 11.8 Å². The minimum absolute atomic E-state index is 0.0583. The molecule has 1 aliphatic heterocycles. The maximum atomic E-state index is 13.6. The summed E-state index contributed by atoms with van der Waals surface area (Å²) in [6.07, 6.45) is 0.0583. The highest BCUT2D eigenvalue weighted by atomic mass is 35.5. The van der Waals surface area contributed by atoms with E-state index in [4.69, 9.17) is 16.3 Å². The molecule has 0 radical (unpaired) electrons. The molecule has 0 spiro atoms. The standard InChI is InChI=1S/C27H25ClN2O3/c1-16(2)33-22-11-9-20(10-12-22)29-25-24(23-13-8-17(3)14-18(23)4)26(31)30(27(25)32)21-7-5-6-19(28)15-21/h5-16,29H,1-4H3. The average Bonchev–Trinajstić information content (AvgIpc) is 2.99. The van der Waals surface area contributed by atoms with Gasteiger partial charge >= 0.3 is 0 Å². The van der Waals surface area contributed by atoms with Gasteiger partial charge in [-0.15, -0.1) is 0 Å². The number of halogens is 1. The number of nitrogens with zero attached hydrogens (tertiary/aromatic N) is 1. The van der Waals surface area contributed by atoms with Crippen LogP contribution < -0.4 is 15.0 Å². The lowest BCUT2D eigenvalue weighted by Crippen LogP contribution is -2.32. The van der Waals surface area contributed by atoms with Gasteiger partial charge in [0.05, 0.1) is 17.4 Å². The fourth-order valence-electron chi connectivity index (χ4n) is 3.87. The molecule has 0 aliphatic carbocycles. The first-order chi connectivity index (χ1) is 15.7. The van der Waals surface area contributed by atoms with Crippen LogP contribution in [-0.2, 0) is 9.59 Å². The molecule has 0 unspecified atom stereocenters. The number of benzene rings is 3. The van der Waals surface area contributed by atoms with E-state index in [0.717, 1.165) is 16.9 Å². The molecular weight excluding hydrogens is 436 g/mol. The van der Waals surface area contributed by atoms with Crippen LogP contribution in [0.5, 0.6) is 5.75 Å². The molecule has 1 N–H and O–H groups in total. The quantitative estimate of drug-likeness (QED) is 0.449. The second-order valence-electron chi connectivity index (χ2n) is 8.31. The SMILES string of the molecule is Cc1ccc(C2=C(Nc3ccc(OC(C)C)cc3)C(=O)N(c3cccc(Cl)c3)C2=O)c(C)c1. The summed E-state index contributed by atoms with van der Waals surface area (Å²) in [6.45, 7) is 7.84. The molecule has 0 atom stereocenters. The van der Waals surface area contributed by atoms with Crippen molar-refractivity contribution >= 4 is 40.4 Å². The second-order valence-corrected chi connectivity index (χ2v) is 8.75. The molecule has 1 heterocycles. The third kappa shape index (κ3) is 4.64. The number of aryl methyl sites for hydroxylation is 2. The van der Waals surface area contributed by atoms with Gasteiger partial charge in [-0.1, -0.05) is 41.4 Å². The molecule has 0 aromatic heterocycles. The number of amides is 2. The molecule has 0 fully saturated rings. The minimum Gasteiger partial charge on any atom is -0.491 e. The van der Waals surface area contributed by atoms with Crippen LogP contribution in [0.15, 0.2) is 72.4 Å². The number of ether oxygens (including phenoxy) is 1. The van der Waals surface area contributed by atoms with Crippen LogP contribution >= 0.6 is 11.6 Å². The summed E-state index contributed by atoms with van der Waals surface area (Å²) >= 11 is 6.14. The van der Waals surface area contributed by atoms with Gasteiger partial charge in [-0.25, -0.2) is 4.90 Å². The summed E-state index contributed by atoms with van der Waals surface area (Å²) in [7, 11) is 0. The smallest absolute Gasteiger partial charge is 0.282 e. The number of imide groups is 1. The van der Waals surface area contributed by atoms with Crippen molar-refractivity contribution in [3.8, 4) is 5.75 Å². The Kier molecular flexibility index (Phi) is 6.25. The van der Waals surface area contributed by atoms with E-state index in [1.165, 1.54) is 4.90 Å². The lowest BCUT2D eigenvalue weighted by atomic mass is 9.97. The fraction of sp³-hybridized carbons (Fsp3) is 0.185. The number of rotatable bonds is 6. The highest BCUT2D eigenvalue weighted by Crippen LogP contribution is 2.36. The molecule has 5 nitrogen and oxygen atoms in total. The number of hydrogen-bond acceptors (Lipinski definition) is 4. The zero-order valence-corrected chi connectivity index (χ0v) is 19.7. The second kappa shape index (κ2) is 9.12. The predicted molar refractivity (Wildman–Crippen MR) is 133 cm³/mol. The van der Waals surface area contributed by atoms with E-state index in [1.807, 2.05) is 70.2 Å². The molecule has 3 aromatic carbocycles. The molecule has 4 rings (SSSR count). The summed E-state index contributed by atoms with van der Waals surface area (Å²) in [5.41, 5.74) is 4.37. The van der Waals surface area contributed by atoms with Gasteiger partial charge in [0.15, 0.2) is 0 Å². The van der Waals surface area contributed by atoms with Crippen molar-refractivity contribution in [1.82, 2.24) is 0 Å². The maximum absolute atomic E-state index is 13.6. The molecule has 6 heteroatoms. The Balaban J connectivity index is 1.78. The molecule has 2 amide bonds. The summed E-state index contributed by atoms with van der Waals surface area (Å²) in [5, 5.41) is 3.63. The highest BCUT2D eigenvalue weighted by molar-refractivity contribution is 6.46. The van der Waals surface area contributed by atoms with Crippen molar-refractivity contribution in [2.75, 3.05) is 10.2 Å². The van der Waals surface area contributed by atoms with E-state index in [2.05, 4.69) is 5.32 Å². The summed E-state index contributed by atoms with van der Waals surface area (Å²) < 4.78 is 5.70. The predicted octanol–water partition coefficient (Wildman–Crippen LogP) is 6.14. The van der Waals surface area contributed by atoms with Crippen molar-refractivity contribution in [2.24, 2.45) is 0 Å². The number of anilines is 2. The van der Waals surface area contributed by atoms with Gasteiger partial charge in [0.25, 0.3) is 11.8 Å². The number of carbonyl (C=O) groups is 2. The van der Waals surface area contributed by atoms with Crippen molar-refractivity contribution < 1.29 is 14.3 Å². The van der Waals surface area contributed by atoms with Crippen LogP contribution in [0.2, 0.25) is 5.02 Å². The van der Waals surface area contributed by atoms with Crippen LogP contribution in [0.1, 0.15) is 30.5 Å². The van der Waals surface area contributed by atoms with Gasteiger partial charge in [-0.05, 0) is 81.3 Å². The molecule has 0 bridgehead atoms. The molecule has 0 saturated carbocycles. The Morgan fingerprint density at radius 2 is 1.64 bits per heavy atom. The van der Waals surface area contributed by atoms with Crippen LogP contribution in [0, 0.1) is 13.8 Å². The van der Waals surface area contributed by atoms with E-state index in [9.17, 15) is 9.59 Å². The molecule has 33 heavy (non-hydrogen) atoms. The van der Waals surface area contributed by atoms with Crippen LogP contribution in [0.4, 0.5) is 11.4 Å². The van der Waals surface area contributed by atoms with E-state index < -0.39 is 11.8 Å². The summed E-state index contributed by atoms with van der Waals surface area (Å²) in [4.78, 5) is 28.3. The van der Waals surface area contributed by atoms with Crippen LogP contribution in [0.25, 0.3) is 5.57 Å². The average molecular weight is 461 g/mol. The summed E-state index contributed by atoms with van der Waals surface area (Å²) in [6, 6.07) is 19.8. The van der Waals surface area contributed by atoms with Gasteiger partial charge < -0.3 is 10.1 Å². The van der Waals surface area contributed by atoms with Gasteiger partial charge in [-0.2, -0.15) is 0 Å². The first kappa shape index (κ1) is 22.6. The highest BCUT2D eigenvalue weighted by Gasteiger charge is 2.40. The molecule has 0 saturated heterocycles. The first-order valence-corrected chi connectivity index (χ1v) is 11.1. The van der Waals surface area contributed by atoms with Gasteiger partial charge in [0, 0.05) is 10.7 Å². The van der Waals surface area contributed by atoms with Crippen molar-refractivity contribution in [3.63, 3.8) is 0 Å². The van der Waals surface area contributed by atoms with Crippen molar-refractivity contribution in [2.45, 2.75) is 33.8 Å². The topological polar surface area (TPSA) is 58.6 Å². The molecule has 3 aromatic rings. The fourth-order valence-corrected chi connectivity index (χ4v) is 4.06. The Hall–Kier alpha value is -3.57. The first-order valence-electron chi connectivity index (χ1n) is 10.7. The van der Waals surface area contributed by atoms with Crippen molar-refractivity contribution in [1.29, 1.82) is 0 Å². The van der Waals surface area contributed by atoms with Gasteiger partial charge in [0.2, 0.25) is 0 Å². The van der Waals surface area contributed by atoms with Crippen molar-refractivity contribution in [3.05, 3.63) is 94.1 Å². The Morgan fingerprint density at radius 3 is 2.27 bits per heavy atom. The maximum Gasteiger partial charge on any atom is 0.282 e. The lowest BCUT2D eigenvalue weighted by Gasteiger charge is -2.16. The third-order valence-electron chi connectivity index (χ3n) is 5.30. The zero-order chi connectivity index (χ0) is 23.7. The Morgan fingerprint density at radius 1 is 0.909 bits per heavy atom. The lowest BCUT2D eigenvalue weighted by molar-refractivity contribution is -0.120. The Labute approximate surface area is 198 Å². The molecular formula is C27H25ClN2O3. The van der Waals surface area contributed by atoms with Gasteiger partial charge in [-0.3, -0.25) is 9.59 Å². The molecule has 168 valence electrons. The number of nitrogens with one attached hydrogen (secondary N) is 1. The van der Waals surface area contributed by atoms with E-state index >= 15 is 0 Å². The number of hydrogen-bond donors (Lipinski definition) is 1. The Bertz CT molecular complexity index is 1260.